The molecule has 0 saturated heterocycles. The summed E-state index contributed by atoms with van der Waals surface area (Å²) in [6.07, 6.45) is 2.38. The molecule has 2 amide bonds. The van der Waals surface area contributed by atoms with Gasteiger partial charge in [-0.3, -0.25) is 9.59 Å². The van der Waals surface area contributed by atoms with Gasteiger partial charge in [-0.25, -0.2) is 0 Å². The molecule has 2 rings (SSSR count). The molecule has 2 aromatic carbocycles. The van der Waals surface area contributed by atoms with Crippen LogP contribution in [0.2, 0.25) is 15.1 Å². The molecule has 0 bridgehead atoms. The number of benzene rings is 2. The lowest BCUT2D eigenvalue weighted by molar-refractivity contribution is -0.139. The number of rotatable bonds is 11. The molecule has 4 nitrogen and oxygen atoms in total. The molecule has 0 radical (unpaired) electrons. The summed E-state index contributed by atoms with van der Waals surface area (Å²) in [6.45, 7) is 4.79. The van der Waals surface area contributed by atoms with Crippen LogP contribution in [-0.4, -0.2) is 35.1 Å². The molecule has 8 heteroatoms. The fraction of sp³-hybridized carbons (Fsp3) is 0.391. The van der Waals surface area contributed by atoms with Crippen molar-refractivity contribution in [3.63, 3.8) is 0 Å². The number of thioether (sulfide) groups is 1. The molecule has 2 aromatic rings. The first kappa shape index (κ1) is 25.9. The third kappa shape index (κ3) is 8.23. The fourth-order valence-electron chi connectivity index (χ4n) is 3.02. The molecule has 0 heterocycles. The minimum absolute atomic E-state index is 0.136. The third-order valence-corrected chi connectivity index (χ3v) is 6.58. The quantitative estimate of drug-likeness (QED) is 0.284. The Kier molecular flexibility index (Phi) is 11.0. The van der Waals surface area contributed by atoms with Gasteiger partial charge in [0.05, 0.1) is 5.75 Å². The van der Waals surface area contributed by atoms with E-state index >= 15 is 0 Å². The summed E-state index contributed by atoms with van der Waals surface area (Å²) in [6, 6.07) is 11.9. The zero-order valence-corrected chi connectivity index (χ0v) is 20.8. The first-order chi connectivity index (χ1) is 14.8. The predicted octanol–water partition coefficient (Wildman–Crippen LogP) is 6.46. The topological polar surface area (TPSA) is 49.4 Å². The van der Waals surface area contributed by atoms with E-state index in [-0.39, 0.29) is 24.1 Å². The summed E-state index contributed by atoms with van der Waals surface area (Å²) < 4.78 is 0. The molecule has 1 atom stereocenters. The van der Waals surface area contributed by atoms with Crippen molar-refractivity contribution in [2.75, 3.05) is 12.3 Å². The van der Waals surface area contributed by atoms with Gasteiger partial charge in [0.15, 0.2) is 0 Å². The van der Waals surface area contributed by atoms with E-state index in [1.54, 1.807) is 35.2 Å². The summed E-state index contributed by atoms with van der Waals surface area (Å²) in [5, 5.41) is 4.59. The van der Waals surface area contributed by atoms with Gasteiger partial charge in [0.1, 0.15) is 6.04 Å². The summed E-state index contributed by atoms with van der Waals surface area (Å²) in [7, 11) is 0. The highest BCUT2D eigenvalue weighted by Crippen LogP contribution is 2.25. The van der Waals surface area contributed by atoms with Gasteiger partial charge < -0.3 is 10.2 Å². The number of carbonyl (C=O) groups is 2. The average molecular weight is 502 g/mol. The van der Waals surface area contributed by atoms with Crippen LogP contribution < -0.4 is 5.32 Å². The highest BCUT2D eigenvalue weighted by atomic mass is 35.5. The highest BCUT2D eigenvalue weighted by Gasteiger charge is 2.29. The maximum atomic E-state index is 13.2. The van der Waals surface area contributed by atoms with Gasteiger partial charge in [0, 0.05) is 33.1 Å². The maximum absolute atomic E-state index is 13.2. The number of hydrogen-bond donors (Lipinski definition) is 1. The van der Waals surface area contributed by atoms with E-state index in [2.05, 4.69) is 12.2 Å². The lowest BCUT2D eigenvalue weighted by Gasteiger charge is -2.31. The van der Waals surface area contributed by atoms with Crippen molar-refractivity contribution in [2.24, 2.45) is 0 Å². The Morgan fingerprint density at radius 2 is 1.71 bits per heavy atom. The number of hydrogen-bond acceptors (Lipinski definition) is 3. The maximum Gasteiger partial charge on any atom is 0.242 e. The first-order valence-corrected chi connectivity index (χ1v) is 12.4. The predicted molar refractivity (Wildman–Crippen MR) is 131 cm³/mol. The van der Waals surface area contributed by atoms with Gasteiger partial charge in [0.25, 0.3) is 0 Å². The van der Waals surface area contributed by atoms with Crippen LogP contribution in [0.1, 0.15) is 38.7 Å². The SMILES string of the molecule is CCCCNC(=O)[C@H](CC)N(Cc1ccc(Cl)cc1Cl)C(=O)CSc1ccc(Cl)cc1. The van der Waals surface area contributed by atoms with Crippen LogP contribution in [0.15, 0.2) is 47.4 Å². The third-order valence-electron chi connectivity index (χ3n) is 4.75. The Balaban J connectivity index is 2.20. The minimum Gasteiger partial charge on any atom is -0.354 e. The molecule has 0 saturated carbocycles. The molecule has 0 aliphatic carbocycles. The van der Waals surface area contributed by atoms with Crippen molar-refractivity contribution in [3.05, 3.63) is 63.1 Å². The molecule has 0 aliphatic heterocycles. The van der Waals surface area contributed by atoms with Crippen LogP contribution in [0.25, 0.3) is 0 Å². The van der Waals surface area contributed by atoms with Crippen molar-refractivity contribution < 1.29 is 9.59 Å². The largest absolute Gasteiger partial charge is 0.354 e. The van der Waals surface area contributed by atoms with Crippen LogP contribution in [-0.2, 0) is 16.1 Å². The van der Waals surface area contributed by atoms with Gasteiger partial charge in [0.2, 0.25) is 11.8 Å². The molecule has 1 N–H and O–H groups in total. The standard InChI is InChI=1S/C23H27Cl3N2O2S/c1-3-5-12-27-23(30)21(4-2)28(14-16-6-7-18(25)13-20(16)26)22(29)15-31-19-10-8-17(24)9-11-19/h6-11,13,21H,3-5,12,14-15H2,1-2H3,(H,27,30)/t21-/m0/s1. The van der Waals surface area contributed by atoms with Crippen molar-refractivity contribution in [3.8, 4) is 0 Å². The smallest absolute Gasteiger partial charge is 0.242 e. The number of amides is 2. The zero-order chi connectivity index (χ0) is 22.8. The number of unbranched alkanes of at least 4 members (excludes halogenated alkanes) is 1. The van der Waals surface area contributed by atoms with Gasteiger partial charge in [-0.15, -0.1) is 11.8 Å². The monoisotopic (exact) mass is 500 g/mol. The van der Waals surface area contributed by atoms with E-state index in [0.29, 0.717) is 28.0 Å². The Bertz CT molecular complexity index is 878. The lowest BCUT2D eigenvalue weighted by atomic mass is 10.1. The van der Waals surface area contributed by atoms with E-state index in [1.807, 2.05) is 19.1 Å². The highest BCUT2D eigenvalue weighted by molar-refractivity contribution is 8.00. The summed E-state index contributed by atoms with van der Waals surface area (Å²) in [5.41, 5.74) is 0.746. The molecular weight excluding hydrogens is 475 g/mol. The van der Waals surface area contributed by atoms with E-state index in [9.17, 15) is 9.59 Å². The van der Waals surface area contributed by atoms with Gasteiger partial charge >= 0.3 is 0 Å². The average Bonchev–Trinajstić information content (AvgIpc) is 2.74. The summed E-state index contributed by atoms with van der Waals surface area (Å²) in [4.78, 5) is 28.6. The van der Waals surface area contributed by atoms with Crippen LogP contribution in [0.3, 0.4) is 0 Å². The van der Waals surface area contributed by atoms with Crippen molar-refractivity contribution >= 4 is 58.4 Å². The van der Waals surface area contributed by atoms with Crippen LogP contribution in [0, 0.1) is 0 Å². The second-order valence-corrected chi connectivity index (χ2v) is 9.40. The molecule has 0 fully saturated rings. The molecule has 0 aromatic heterocycles. The lowest BCUT2D eigenvalue weighted by Crippen LogP contribution is -2.49. The first-order valence-electron chi connectivity index (χ1n) is 10.2. The second-order valence-electron chi connectivity index (χ2n) is 7.07. The molecular formula is C23H27Cl3N2O2S. The molecule has 168 valence electrons. The van der Waals surface area contributed by atoms with Crippen molar-refractivity contribution in [1.82, 2.24) is 10.2 Å². The number of halogens is 3. The molecule has 31 heavy (non-hydrogen) atoms. The number of nitrogens with one attached hydrogen (secondary N) is 1. The van der Waals surface area contributed by atoms with Crippen molar-refractivity contribution in [2.45, 2.75) is 50.6 Å². The minimum atomic E-state index is -0.582. The van der Waals surface area contributed by atoms with E-state index in [0.717, 1.165) is 23.3 Å². The fourth-order valence-corrected chi connectivity index (χ4v) is 4.40. The van der Waals surface area contributed by atoms with Crippen LogP contribution >= 0.6 is 46.6 Å². The van der Waals surface area contributed by atoms with Gasteiger partial charge in [-0.2, -0.15) is 0 Å². The number of nitrogens with zero attached hydrogens (tertiary/aromatic N) is 1. The Hall–Kier alpha value is -1.40. The van der Waals surface area contributed by atoms with E-state index in [1.165, 1.54) is 11.8 Å². The van der Waals surface area contributed by atoms with Crippen LogP contribution in [0.5, 0.6) is 0 Å². The molecule has 0 unspecified atom stereocenters. The zero-order valence-electron chi connectivity index (χ0n) is 17.7. The van der Waals surface area contributed by atoms with Crippen LogP contribution in [0.4, 0.5) is 0 Å². The second kappa shape index (κ2) is 13.2. The van der Waals surface area contributed by atoms with Gasteiger partial charge in [-0.05, 0) is 54.8 Å². The number of carbonyl (C=O) groups excluding carboxylic acids is 2. The summed E-state index contributed by atoms with van der Waals surface area (Å²) >= 11 is 19.7. The Morgan fingerprint density at radius 1 is 1.03 bits per heavy atom. The Morgan fingerprint density at radius 3 is 2.32 bits per heavy atom. The molecule has 0 spiro atoms. The van der Waals surface area contributed by atoms with E-state index < -0.39 is 6.04 Å². The van der Waals surface area contributed by atoms with E-state index in [4.69, 9.17) is 34.8 Å². The Labute approximate surface area is 203 Å². The van der Waals surface area contributed by atoms with Crippen molar-refractivity contribution in [1.29, 1.82) is 0 Å². The summed E-state index contributed by atoms with van der Waals surface area (Å²) in [5.74, 6) is -0.0830. The normalized spacial score (nSPS) is 11.8. The van der Waals surface area contributed by atoms with Gasteiger partial charge in [-0.1, -0.05) is 61.1 Å². The molecule has 0 aliphatic rings.